The number of aromatic nitrogens is 1. The van der Waals surface area contributed by atoms with Crippen molar-refractivity contribution in [2.45, 2.75) is 6.54 Å². The number of halogens is 1. The van der Waals surface area contributed by atoms with E-state index < -0.39 is 6.09 Å². The lowest BCUT2D eigenvalue weighted by molar-refractivity contribution is 0.171. The van der Waals surface area contributed by atoms with E-state index in [4.69, 9.17) is 16.3 Å². The maximum Gasteiger partial charge on any atom is 0.427 e. The Hall–Kier alpha value is -2.99. The van der Waals surface area contributed by atoms with E-state index in [1.54, 1.807) is 12.3 Å². The van der Waals surface area contributed by atoms with Crippen LogP contribution >= 0.6 is 11.6 Å². The Kier molecular flexibility index (Phi) is 5.76. The lowest BCUT2D eigenvalue weighted by Crippen LogP contribution is -2.16. The summed E-state index contributed by atoms with van der Waals surface area (Å²) in [6, 6.07) is 15.3. The summed E-state index contributed by atoms with van der Waals surface area (Å²) in [6.07, 6.45) is 2.94. The number of methoxy groups -OCH3 is 1. The van der Waals surface area contributed by atoms with Gasteiger partial charge in [-0.25, -0.2) is 10.2 Å². The zero-order valence-electron chi connectivity index (χ0n) is 14.2. The lowest BCUT2D eigenvalue weighted by atomic mass is 10.2. The van der Waals surface area contributed by atoms with Gasteiger partial charge in [0.15, 0.2) is 0 Å². The van der Waals surface area contributed by atoms with Crippen LogP contribution in [-0.4, -0.2) is 30.6 Å². The Balaban J connectivity index is 1.74. The van der Waals surface area contributed by atoms with Crippen LogP contribution in [0, 0.1) is 0 Å². The highest BCUT2D eigenvalue weighted by atomic mass is 35.5. The molecule has 0 aliphatic rings. The topological polar surface area (TPSA) is 64.8 Å². The molecule has 0 radical (unpaired) electrons. The molecule has 0 saturated carbocycles. The van der Waals surface area contributed by atoms with E-state index in [0.717, 1.165) is 16.5 Å². The minimum absolute atomic E-state index is 0.472. The van der Waals surface area contributed by atoms with Crippen LogP contribution in [-0.2, 0) is 11.3 Å². The molecule has 26 heavy (non-hydrogen) atoms. The molecule has 0 spiro atoms. The molecule has 0 bridgehead atoms. The lowest BCUT2D eigenvalue weighted by Gasteiger charge is -2.09. The Morgan fingerprint density at radius 1 is 1.23 bits per heavy atom. The van der Waals surface area contributed by atoms with Crippen LogP contribution in [0.25, 0.3) is 10.9 Å². The number of benzene rings is 2. The SMILES string of the molecule is COC(=O)N/N=C/c1cn(CCOc2ccccc2Cl)c2ccccc12. The summed E-state index contributed by atoms with van der Waals surface area (Å²) in [7, 11) is 1.29. The fraction of sp³-hybridized carbons (Fsp3) is 0.158. The molecule has 0 unspecified atom stereocenters. The molecule has 7 heteroatoms. The number of nitrogens with zero attached hydrogens (tertiary/aromatic N) is 2. The van der Waals surface area contributed by atoms with E-state index in [1.165, 1.54) is 7.11 Å². The number of carbonyl (C=O) groups excluding carboxylic acids is 1. The number of fused-ring (bicyclic) bond motifs is 1. The van der Waals surface area contributed by atoms with Crippen molar-refractivity contribution in [3.05, 3.63) is 65.3 Å². The van der Waals surface area contributed by atoms with Crippen LogP contribution in [0.15, 0.2) is 59.8 Å². The van der Waals surface area contributed by atoms with Gasteiger partial charge in [-0.05, 0) is 18.2 Å². The van der Waals surface area contributed by atoms with E-state index in [1.807, 2.05) is 48.7 Å². The first-order chi connectivity index (χ1) is 12.7. The molecule has 1 amide bonds. The van der Waals surface area contributed by atoms with Crippen LogP contribution in [0.4, 0.5) is 4.79 Å². The summed E-state index contributed by atoms with van der Waals surface area (Å²) in [5, 5.41) is 5.52. The Bertz CT molecular complexity index is 937. The summed E-state index contributed by atoms with van der Waals surface area (Å²) < 4.78 is 12.3. The number of ether oxygens (including phenoxy) is 2. The van der Waals surface area contributed by atoms with Gasteiger partial charge in [-0.3, -0.25) is 0 Å². The summed E-state index contributed by atoms with van der Waals surface area (Å²) in [6.45, 7) is 1.11. The predicted octanol–water partition coefficient (Wildman–Crippen LogP) is 4.06. The third kappa shape index (κ3) is 4.15. The largest absolute Gasteiger partial charge is 0.490 e. The average Bonchev–Trinajstić information content (AvgIpc) is 3.01. The van der Waals surface area contributed by atoms with Crippen LogP contribution in [0.5, 0.6) is 5.75 Å². The fourth-order valence-corrected chi connectivity index (χ4v) is 2.77. The molecule has 134 valence electrons. The first-order valence-corrected chi connectivity index (χ1v) is 8.39. The fourth-order valence-electron chi connectivity index (χ4n) is 2.58. The van der Waals surface area contributed by atoms with Gasteiger partial charge in [0.2, 0.25) is 0 Å². The van der Waals surface area contributed by atoms with Crippen LogP contribution < -0.4 is 10.2 Å². The van der Waals surface area contributed by atoms with Crippen molar-refractivity contribution in [3.63, 3.8) is 0 Å². The van der Waals surface area contributed by atoms with Crippen molar-refractivity contribution >= 4 is 34.8 Å². The quantitative estimate of drug-likeness (QED) is 0.525. The number of hydrogen-bond acceptors (Lipinski definition) is 4. The minimum Gasteiger partial charge on any atom is -0.490 e. The Morgan fingerprint density at radius 2 is 2.00 bits per heavy atom. The smallest absolute Gasteiger partial charge is 0.427 e. The second-order valence-electron chi connectivity index (χ2n) is 5.44. The van der Waals surface area contributed by atoms with Crippen molar-refractivity contribution in [1.82, 2.24) is 9.99 Å². The number of para-hydroxylation sites is 2. The van der Waals surface area contributed by atoms with E-state index in [0.29, 0.717) is 23.9 Å². The summed E-state index contributed by atoms with van der Waals surface area (Å²) in [5.74, 6) is 0.662. The van der Waals surface area contributed by atoms with Gasteiger partial charge < -0.3 is 14.0 Å². The molecule has 0 aliphatic carbocycles. The van der Waals surface area contributed by atoms with Crippen molar-refractivity contribution < 1.29 is 14.3 Å². The standard InChI is InChI=1S/C19H18ClN3O3/c1-25-19(24)22-21-12-14-13-23(17-8-4-2-6-15(14)17)10-11-26-18-9-5-3-7-16(18)20/h2-9,12-13H,10-11H2,1H3,(H,22,24)/b21-12+. The van der Waals surface area contributed by atoms with Crippen LogP contribution in [0.3, 0.4) is 0 Å². The maximum absolute atomic E-state index is 11.1. The number of hydrogen-bond donors (Lipinski definition) is 1. The van der Waals surface area contributed by atoms with Gasteiger partial charge in [0.1, 0.15) is 12.4 Å². The van der Waals surface area contributed by atoms with Gasteiger partial charge in [0.25, 0.3) is 0 Å². The van der Waals surface area contributed by atoms with E-state index in [-0.39, 0.29) is 0 Å². The zero-order valence-corrected chi connectivity index (χ0v) is 14.9. The molecule has 1 heterocycles. The van der Waals surface area contributed by atoms with Crippen molar-refractivity contribution in [1.29, 1.82) is 0 Å². The van der Waals surface area contributed by atoms with E-state index >= 15 is 0 Å². The van der Waals surface area contributed by atoms with Crippen molar-refractivity contribution in [3.8, 4) is 5.75 Å². The molecule has 0 atom stereocenters. The monoisotopic (exact) mass is 371 g/mol. The number of hydrazone groups is 1. The molecule has 6 nitrogen and oxygen atoms in total. The maximum atomic E-state index is 11.1. The predicted molar refractivity (Wildman–Crippen MR) is 102 cm³/mol. The highest BCUT2D eigenvalue weighted by Crippen LogP contribution is 2.24. The average molecular weight is 372 g/mol. The number of nitrogens with one attached hydrogen (secondary N) is 1. The van der Waals surface area contributed by atoms with Gasteiger partial charge in [-0.2, -0.15) is 5.10 Å². The third-order valence-corrected chi connectivity index (χ3v) is 4.10. The second-order valence-corrected chi connectivity index (χ2v) is 5.84. The Morgan fingerprint density at radius 3 is 2.81 bits per heavy atom. The van der Waals surface area contributed by atoms with Crippen LogP contribution in [0.1, 0.15) is 5.56 Å². The number of amides is 1. The van der Waals surface area contributed by atoms with Gasteiger partial charge in [0.05, 0.1) is 24.9 Å². The second kappa shape index (κ2) is 8.40. The molecular weight excluding hydrogens is 354 g/mol. The van der Waals surface area contributed by atoms with Gasteiger partial charge in [-0.1, -0.05) is 41.9 Å². The molecule has 3 aromatic rings. The molecule has 0 fully saturated rings. The molecule has 1 aromatic heterocycles. The normalized spacial score (nSPS) is 11.0. The summed E-state index contributed by atoms with van der Waals surface area (Å²) >= 11 is 6.11. The van der Waals surface area contributed by atoms with Gasteiger partial charge in [-0.15, -0.1) is 0 Å². The minimum atomic E-state index is -0.613. The molecule has 2 aromatic carbocycles. The van der Waals surface area contributed by atoms with E-state index in [9.17, 15) is 4.79 Å². The third-order valence-electron chi connectivity index (χ3n) is 3.79. The molecule has 0 aliphatic heterocycles. The number of rotatable bonds is 6. The highest BCUT2D eigenvalue weighted by molar-refractivity contribution is 6.32. The molecule has 3 rings (SSSR count). The van der Waals surface area contributed by atoms with Crippen LogP contribution in [0.2, 0.25) is 5.02 Å². The van der Waals surface area contributed by atoms with Crippen molar-refractivity contribution in [2.75, 3.05) is 13.7 Å². The number of carbonyl (C=O) groups is 1. The molecular formula is C19H18ClN3O3. The zero-order chi connectivity index (χ0) is 18.4. The summed E-state index contributed by atoms with van der Waals surface area (Å²) in [4.78, 5) is 11.1. The Labute approximate surface area is 156 Å². The first kappa shape index (κ1) is 17.8. The van der Waals surface area contributed by atoms with E-state index in [2.05, 4.69) is 19.8 Å². The first-order valence-electron chi connectivity index (χ1n) is 8.01. The molecule has 0 saturated heterocycles. The highest BCUT2D eigenvalue weighted by Gasteiger charge is 2.07. The van der Waals surface area contributed by atoms with Crippen molar-refractivity contribution in [2.24, 2.45) is 5.10 Å². The molecule has 1 N–H and O–H groups in total. The van der Waals surface area contributed by atoms with Gasteiger partial charge >= 0.3 is 6.09 Å². The van der Waals surface area contributed by atoms with Gasteiger partial charge in [0, 0.05) is 22.7 Å². The summed E-state index contributed by atoms with van der Waals surface area (Å²) in [5.41, 5.74) is 4.22.